The molecule has 0 radical (unpaired) electrons. The molecule has 1 aliphatic rings. The van der Waals surface area contributed by atoms with Crippen molar-refractivity contribution in [3.8, 4) is 0 Å². The van der Waals surface area contributed by atoms with Crippen LogP contribution in [0.2, 0.25) is 0 Å². The molecule has 1 saturated carbocycles. The Morgan fingerprint density at radius 3 is 2.33 bits per heavy atom. The van der Waals surface area contributed by atoms with Gasteiger partial charge in [-0.2, -0.15) is 0 Å². The Balaban J connectivity index is 2.27. The summed E-state index contributed by atoms with van der Waals surface area (Å²) >= 11 is 0. The minimum Gasteiger partial charge on any atom is -0.393 e. The van der Waals surface area contributed by atoms with Crippen molar-refractivity contribution >= 4 is 5.69 Å². The van der Waals surface area contributed by atoms with Crippen LogP contribution in [0.5, 0.6) is 0 Å². The first kappa shape index (κ1) is 10.3. The van der Waals surface area contributed by atoms with E-state index in [0.717, 1.165) is 18.5 Å². The van der Waals surface area contributed by atoms with Crippen molar-refractivity contribution in [2.75, 3.05) is 5.73 Å². The molecular formula is C11H19N3O. The van der Waals surface area contributed by atoms with Crippen LogP contribution in [0.4, 0.5) is 5.69 Å². The van der Waals surface area contributed by atoms with Gasteiger partial charge in [-0.1, -0.05) is 25.7 Å². The van der Waals surface area contributed by atoms with Crippen molar-refractivity contribution in [3.63, 3.8) is 0 Å². The van der Waals surface area contributed by atoms with E-state index in [1.165, 1.54) is 25.7 Å². The maximum absolute atomic E-state index is 11.8. The largest absolute Gasteiger partial charge is 0.393 e. The highest BCUT2D eigenvalue weighted by Gasteiger charge is 2.18. The number of hydrogen-bond donors (Lipinski definition) is 2. The number of nitrogens with one attached hydrogen (secondary N) is 1. The second-order valence-corrected chi connectivity index (χ2v) is 4.47. The average Bonchev–Trinajstić information content (AvgIpc) is 2.51. The van der Waals surface area contributed by atoms with E-state index in [2.05, 4.69) is 5.10 Å². The minimum atomic E-state index is -0.0422. The van der Waals surface area contributed by atoms with Crippen molar-refractivity contribution < 1.29 is 0 Å². The summed E-state index contributed by atoms with van der Waals surface area (Å²) in [6.45, 7) is 1.85. The van der Waals surface area contributed by atoms with Crippen LogP contribution < -0.4 is 11.3 Å². The Morgan fingerprint density at radius 1 is 1.27 bits per heavy atom. The quantitative estimate of drug-likeness (QED) is 0.694. The lowest BCUT2D eigenvalue weighted by Crippen LogP contribution is -2.23. The predicted molar refractivity (Wildman–Crippen MR) is 60.9 cm³/mol. The van der Waals surface area contributed by atoms with Crippen LogP contribution in [0.15, 0.2) is 4.79 Å². The van der Waals surface area contributed by atoms with E-state index in [9.17, 15) is 4.79 Å². The minimum absolute atomic E-state index is 0.0422. The van der Waals surface area contributed by atoms with E-state index in [1.807, 2.05) is 6.92 Å². The lowest BCUT2D eigenvalue weighted by atomic mass is 10.1. The topological polar surface area (TPSA) is 63.8 Å². The van der Waals surface area contributed by atoms with Gasteiger partial charge in [0.25, 0.3) is 5.56 Å². The Kier molecular flexibility index (Phi) is 2.84. The summed E-state index contributed by atoms with van der Waals surface area (Å²) in [6, 6.07) is 0.330. The third-order valence-corrected chi connectivity index (χ3v) is 3.33. The lowest BCUT2D eigenvalue weighted by molar-refractivity contribution is 0.395. The number of hydrogen-bond acceptors (Lipinski definition) is 2. The van der Waals surface area contributed by atoms with Crippen molar-refractivity contribution in [2.45, 2.75) is 51.5 Å². The number of nitrogen functional groups attached to an aromatic ring is 1. The molecule has 4 nitrogen and oxygen atoms in total. The number of rotatable bonds is 1. The standard InChI is InChI=1S/C11H19N3O/c1-8-10(12)11(15)14(13-8)9-6-4-2-3-5-7-9/h9,13H,2-7,12H2,1H3. The molecule has 15 heavy (non-hydrogen) atoms. The maximum Gasteiger partial charge on any atom is 0.290 e. The highest BCUT2D eigenvalue weighted by molar-refractivity contribution is 5.39. The van der Waals surface area contributed by atoms with Gasteiger partial charge in [-0.25, -0.2) is 4.68 Å². The highest BCUT2D eigenvalue weighted by Crippen LogP contribution is 2.25. The van der Waals surface area contributed by atoms with E-state index in [4.69, 9.17) is 5.73 Å². The first-order valence-corrected chi connectivity index (χ1v) is 5.76. The van der Waals surface area contributed by atoms with Crippen molar-refractivity contribution in [3.05, 3.63) is 16.0 Å². The van der Waals surface area contributed by atoms with E-state index in [0.29, 0.717) is 11.7 Å². The summed E-state index contributed by atoms with van der Waals surface area (Å²) in [5.41, 5.74) is 6.81. The molecule has 0 spiro atoms. The molecule has 0 atom stereocenters. The first-order chi connectivity index (χ1) is 7.20. The van der Waals surface area contributed by atoms with Gasteiger partial charge in [0.2, 0.25) is 0 Å². The Bertz CT molecular complexity index is 383. The zero-order valence-corrected chi connectivity index (χ0v) is 9.25. The second-order valence-electron chi connectivity index (χ2n) is 4.47. The third-order valence-electron chi connectivity index (χ3n) is 3.33. The number of nitrogens with zero attached hydrogens (tertiary/aromatic N) is 1. The lowest BCUT2D eigenvalue weighted by Gasteiger charge is -2.14. The summed E-state index contributed by atoms with van der Waals surface area (Å²) < 4.78 is 1.73. The molecule has 0 bridgehead atoms. The molecule has 0 aliphatic heterocycles. The predicted octanol–water partition coefficient (Wildman–Crippen LogP) is 1.96. The monoisotopic (exact) mass is 209 g/mol. The van der Waals surface area contributed by atoms with Gasteiger partial charge in [-0.15, -0.1) is 0 Å². The molecule has 0 amide bonds. The zero-order chi connectivity index (χ0) is 10.8. The summed E-state index contributed by atoms with van der Waals surface area (Å²) in [5.74, 6) is 0. The fourth-order valence-electron chi connectivity index (χ4n) is 2.35. The van der Waals surface area contributed by atoms with E-state index in [-0.39, 0.29) is 5.56 Å². The summed E-state index contributed by atoms with van der Waals surface area (Å²) in [7, 11) is 0. The second kappa shape index (κ2) is 4.13. The van der Waals surface area contributed by atoms with Gasteiger partial charge in [0.1, 0.15) is 5.69 Å². The number of H-pyrrole nitrogens is 1. The van der Waals surface area contributed by atoms with Gasteiger partial charge in [-0.3, -0.25) is 9.89 Å². The fourth-order valence-corrected chi connectivity index (χ4v) is 2.35. The summed E-state index contributed by atoms with van der Waals surface area (Å²) in [5, 5.41) is 3.09. The summed E-state index contributed by atoms with van der Waals surface area (Å²) in [6.07, 6.45) is 7.21. The number of aromatic nitrogens is 2. The van der Waals surface area contributed by atoms with E-state index < -0.39 is 0 Å². The smallest absolute Gasteiger partial charge is 0.290 e. The molecule has 0 unspecified atom stereocenters. The van der Waals surface area contributed by atoms with Gasteiger partial charge < -0.3 is 5.73 Å². The van der Waals surface area contributed by atoms with Gasteiger partial charge in [0, 0.05) is 0 Å². The summed E-state index contributed by atoms with van der Waals surface area (Å²) in [4.78, 5) is 11.8. The van der Waals surface area contributed by atoms with Crippen LogP contribution >= 0.6 is 0 Å². The Labute approximate surface area is 89.5 Å². The number of aryl methyl sites for hydroxylation is 1. The zero-order valence-electron chi connectivity index (χ0n) is 9.25. The van der Waals surface area contributed by atoms with Crippen molar-refractivity contribution in [1.29, 1.82) is 0 Å². The van der Waals surface area contributed by atoms with E-state index in [1.54, 1.807) is 4.68 Å². The van der Waals surface area contributed by atoms with Crippen LogP contribution in [0, 0.1) is 6.92 Å². The van der Waals surface area contributed by atoms with Crippen molar-refractivity contribution in [2.24, 2.45) is 0 Å². The van der Waals surface area contributed by atoms with Crippen LogP contribution in [0.1, 0.15) is 50.3 Å². The molecule has 0 aromatic carbocycles. The van der Waals surface area contributed by atoms with Gasteiger partial charge in [0.15, 0.2) is 0 Å². The van der Waals surface area contributed by atoms with Gasteiger partial charge in [0.05, 0.1) is 11.7 Å². The molecule has 2 rings (SSSR count). The van der Waals surface area contributed by atoms with Crippen molar-refractivity contribution in [1.82, 2.24) is 9.78 Å². The first-order valence-electron chi connectivity index (χ1n) is 5.76. The molecule has 3 N–H and O–H groups in total. The number of nitrogens with two attached hydrogens (primary N) is 1. The maximum atomic E-state index is 11.8. The van der Waals surface area contributed by atoms with Crippen LogP contribution in [0.3, 0.4) is 0 Å². The highest BCUT2D eigenvalue weighted by atomic mass is 16.1. The molecular weight excluding hydrogens is 190 g/mol. The van der Waals surface area contributed by atoms with E-state index >= 15 is 0 Å². The molecule has 1 aliphatic carbocycles. The SMILES string of the molecule is Cc1[nH]n(C2CCCCCC2)c(=O)c1N. The van der Waals surface area contributed by atoms with Gasteiger partial charge >= 0.3 is 0 Å². The molecule has 0 saturated heterocycles. The molecule has 84 valence electrons. The average molecular weight is 209 g/mol. The van der Waals surface area contributed by atoms with Gasteiger partial charge in [-0.05, 0) is 19.8 Å². The molecule has 4 heteroatoms. The Hall–Kier alpha value is -1.19. The van der Waals surface area contributed by atoms with Crippen LogP contribution in [0.25, 0.3) is 0 Å². The molecule has 1 aromatic rings. The normalized spacial score (nSPS) is 19.0. The number of anilines is 1. The Morgan fingerprint density at radius 2 is 1.87 bits per heavy atom. The molecule has 1 heterocycles. The van der Waals surface area contributed by atoms with Crippen LogP contribution in [-0.2, 0) is 0 Å². The molecule has 1 aromatic heterocycles. The fraction of sp³-hybridized carbons (Fsp3) is 0.727. The number of aromatic amines is 1. The molecule has 1 fully saturated rings. The third kappa shape index (κ3) is 1.94. The van der Waals surface area contributed by atoms with Crippen LogP contribution in [-0.4, -0.2) is 9.78 Å².